The van der Waals surface area contributed by atoms with Crippen molar-refractivity contribution in [3.63, 3.8) is 0 Å². The largest absolute Gasteiger partial charge is 0.507 e. The number of carbonyl (C=O) groups is 1. The van der Waals surface area contributed by atoms with Gasteiger partial charge in [0.1, 0.15) is 11.3 Å². The van der Waals surface area contributed by atoms with E-state index in [4.69, 9.17) is 5.11 Å². The Balaban J connectivity index is 1.84. The van der Waals surface area contributed by atoms with Crippen LogP contribution < -0.4 is 0 Å². The number of hydrogen-bond donors (Lipinski definition) is 2. The molecule has 0 spiro atoms. The lowest BCUT2D eigenvalue weighted by Crippen LogP contribution is -1.98. The van der Waals surface area contributed by atoms with E-state index >= 15 is 0 Å². The van der Waals surface area contributed by atoms with Gasteiger partial charge in [0.05, 0.1) is 0 Å². The molecule has 0 aliphatic heterocycles. The third-order valence-electron chi connectivity index (χ3n) is 4.54. The zero-order valence-corrected chi connectivity index (χ0v) is 15.0. The molecule has 0 saturated heterocycles. The van der Waals surface area contributed by atoms with Gasteiger partial charge in [-0.1, -0.05) is 69.4 Å². The van der Waals surface area contributed by atoms with Gasteiger partial charge in [0, 0.05) is 0 Å². The van der Waals surface area contributed by atoms with Crippen LogP contribution in [0.1, 0.15) is 72.5 Å². The average Bonchev–Trinajstić information content (AvgIpc) is 2.59. The highest BCUT2D eigenvalue weighted by Gasteiger charge is 2.09. The molecule has 0 bridgehead atoms. The molecule has 0 aliphatic carbocycles. The minimum Gasteiger partial charge on any atom is -0.507 e. The second kappa shape index (κ2) is 9.87. The topological polar surface area (TPSA) is 57.5 Å². The van der Waals surface area contributed by atoms with Crippen LogP contribution in [0, 0.1) is 0 Å². The molecule has 0 saturated carbocycles. The quantitative estimate of drug-likeness (QED) is 0.555. The molecule has 0 aromatic heterocycles. The van der Waals surface area contributed by atoms with Crippen LogP contribution in [0.25, 0.3) is 0 Å². The van der Waals surface area contributed by atoms with Crippen molar-refractivity contribution in [2.45, 2.75) is 58.3 Å². The van der Waals surface area contributed by atoms with Crippen LogP contribution in [0.5, 0.6) is 5.75 Å². The van der Waals surface area contributed by atoms with E-state index in [1.165, 1.54) is 56.2 Å². The second-order valence-corrected chi connectivity index (χ2v) is 6.67. The van der Waals surface area contributed by atoms with Crippen molar-refractivity contribution in [3.05, 3.63) is 64.7 Å². The van der Waals surface area contributed by atoms with Crippen molar-refractivity contribution in [2.75, 3.05) is 0 Å². The van der Waals surface area contributed by atoms with E-state index in [9.17, 15) is 9.90 Å². The number of benzene rings is 2. The van der Waals surface area contributed by atoms with Crippen molar-refractivity contribution in [1.82, 2.24) is 0 Å². The van der Waals surface area contributed by atoms with Gasteiger partial charge in [-0.25, -0.2) is 4.79 Å². The van der Waals surface area contributed by atoms with Crippen LogP contribution in [0.2, 0.25) is 0 Å². The fourth-order valence-corrected chi connectivity index (χ4v) is 3.04. The molecule has 2 aromatic rings. The number of hydrogen-bond acceptors (Lipinski definition) is 2. The molecule has 0 radical (unpaired) electrons. The second-order valence-electron chi connectivity index (χ2n) is 6.67. The van der Waals surface area contributed by atoms with Gasteiger partial charge in [0.2, 0.25) is 0 Å². The predicted molar refractivity (Wildman–Crippen MR) is 101 cm³/mol. The fourth-order valence-electron chi connectivity index (χ4n) is 3.04. The van der Waals surface area contributed by atoms with Crippen LogP contribution >= 0.6 is 0 Å². The van der Waals surface area contributed by atoms with Crippen molar-refractivity contribution in [3.8, 4) is 5.75 Å². The van der Waals surface area contributed by atoms with Gasteiger partial charge in [-0.15, -0.1) is 0 Å². The van der Waals surface area contributed by atoms with Gasteiger partial charge in [-0.05, 0) is 48.1 Å². The number of aromatic carboxylic acids is 1. The van der Waals surface area contributed by atoms with Gasteiger partial charge in [-0.3, -0.25) is 0 Å². The van der Waals surface area contributed by atoms with Crippen LogP contribution in [0.4, 0.5) is 0 Å². The minimum absolute atomic E-state index is 0.0574. The summed E-state index contributed by atoms with van der Waals surface area (Å²) in [6, 6.07) is 13.3. The Hall–Kier alpha value is -2.29. The summed E-state index contributed by atoms with van der Waals surface area (Å²) < 4.78 is 0. The van der Waals surface area contributed by atoms with Crippen molar-refractivity contribution in [1.29, 1.82) is 0 Å². The third kappa shape index (κ3) is 6.26. The molecule has 0 atom stereocenters. The van der Waals surface area contributed by atoms with E-state index in [0.29, 0.717) is 6.42 Å². The number of aromatic hydroxyl groups is 1. The Labute approximate surface area is 150 Å². The predicted octanol–water partition coefficient (Wildman–Crippen LogP) is 5.58. The molecule has 134 valence electrons. The normalized spacial score (nSPS) is 10.8. The highest BCUT2D eigenvalue weighted by atomic mass is 16.4. The highest BCUT2D eigenvalue weighted by Crippen LogP contribution is 2.21. The summed E-state index contributed by atoms with van der Waals surface area (Å²) in [6.45, 7) is 2.24. The fraction of sp³-hybridized carbons (Fsp3) is 0.409. The lowest BCUT2D eigenvalue weighted by molar-refractivity contribution is 0.0693. The molecule has 0 fully saturated rings. The first kappa shape index (κ1) is 19.0. The molecule has 0 aliphatic rings. The molecule has 2 aromatic carbocycles. The molecule has 2 rings (SSSR count). The summed E-state index contributed by atoms with van der Waals surface area (Å²) in [5, 5.41) is 18.7. The van der Waals surface area contributed by atoms with Crippen LogP contribution in [0.3, 0.4) is 0 Å². The maximum absolute atomic E-state index is 10.9. The maximum Gasteiger partial charge on any atom is 0.339 e. The van der Waals surface area contributed by atoms with E-state index in [1.54, 1.807) is 6.07 Å². The Kier molecular flexibility index (Phi) is 7.52. The molecule has 0 amide bonds. The van der Waals surface area contributed by atoms with Crippen LogP contribution in [-0.2, 0) is 12.8 Å². The molecular weight excluding hydrogens is 312 g/mol. The Morgan fingerprint density at radius 1 is 0.840 bits per heavy atom. The van der Waals surface area contributed by atoms with Gasteiger partial charge < -0.3 is 10.2 Å². The SMILES string of the molecule is CCCCCCCCc1ccc(Cc2ccc(C(=O)O)c(O)c2)cc1. The summed E-state index contributed by atoms with van der Waals surface area (Å²) in [5.41, 5.74) is 3.38. The Morgan fingerprint density at radius 3 is 2.08 bits per heavy atom. The van der Waals surface area contributed by atoms with Crippen molar-refractivity contribution in [2.24, 2.45) is 0 Å². The number of phenols is 1. The minimum atomic E-state index is -1.11. The average molecular weight is 340 g/mol. The molecule has 0 heterocycles. The summed E-state index contributed by atoms with van der Waals surface area (Å²) in [4.78, 5) is 10.9. The van der Waals surface area contributed by atoms with Crippen LogP contribution in [0.15, 0.2) is 42.5 Å². The first-order valence-corrected chi connectivity index (χ1v) is 9.23. The Bertz CT molecular complexity index is 674. The molecular formula is C22H28O3. The van der Waals surface area contributed by atoms with E-state index in [0.717, 1.165) is 17.5 Å². The molecule has 25 heavy (non-hydrogen) atoms. The van der Waals surface area contributed by atoms with Crippen molar-refractivity contribution < 1.29 is 15.0 Å². The number of aryl methyl sites for hydroxylation is 1. The number of unbranched alkanes of at least 4 members (excludes halogenated alkanes) is 5. The molecule has 3 heteroatoms. The first-order chi connectivity index (χ1) is 12.1. The lowest BCUT2D eigenvalue weighted by Gasteiger charge is -2.07. The zero-order valence-electron chi connectivity index (χ0n) is 15.0. The van der Waals surface area contributed by atoms with E-state index in [1.807, 2.05) is 0 Å². The summed E-state index contributed by atoms with van der Waals surface area (Å²) in [6.07, 6.45) is 9.68. The molecule has 3 nitrogen and oxygen atoms in total. The monoisotopic (exact) mass is 340 g/mol. The summed E-state index contributed by atoms with van der Waals surface area (Å²) in [5.74, 6) is -1.28. The smallest absolute Gasteiger partial charge is 0.339 e. The third-order valence-corrected chi connectivity index (χ3v) is 4.54. The number of carboxylic acids is 1. The van der Waals surface area contributed by atoms with Gasteiger partial charge in [-0.2, -0.15) is 0 Å². The van der Waals surface area contributed by atoms with E-state index in [2.05, 4.69) is 31.2 Å². The molecule has 2 N–H and O–H groups in total. The maximum atomic E-state index is 10.9. The molecule has 0 unspecified atom stereocenters. The standard InChI is InChI=1S/C22H28O3/c1-2-3-4-5-6-7-8-17-9-11-18(12-10-17)15-19-13-14-20(22(24)25)21(23)16-19/h9-14,16,23H,2-8,15H2,1H3,(H,24,25). The number of rotatable bonds is 10. The first-order valence-electron chi connectivity index (χ1n) is 9.23. The van der Waals surface area contributed by atoms with Gasteiger partial charge in [0.15, 0.2) is 0 Å². The summed E-state index contributed by atoms with van der Waals surface area (Å²) in [7, 11) is 0. The van der Waals surface area contributed by atoms with Crippen LogP contribution in [-0.4, -0.2) is 16.2 Å². The number of carboxylic acid groups (broad SMARTS) is 1. The van der Waals surface area contributed by atoms with Crippen molar-refractivity contribution >= 4 is 5.97 Å². The van der Waals surface area contributed by atoms with Gasteiger partial charge >= 0.3 is 5.97 Å². The van der Waals surface area contributed by atoms with E-state index in [-0.39, 0.29) is 11.3 Å². The zero-order chi connectivity index (χ0) is 18.1. The highest BCUT2D eigenvalue weighted by molar-refractivity contribution is 5.90. The lowest BCUT2D eigenvalue weighted by atomic mass is 10.00. The van der Waals surface area contributed by atoms with Gasteiger partial charge in [0.25, 0.3) is 0 Å². The van der Waals surface area contributed by atoms with E-state index < -0.39 is 5.97 Å². The Morgan fingerprint density at radius 2 is 1.44 bits per heavy atom. The summed E-state index contributed by atoms with van der Waals surface area (Å²) >= 11 is 0.